The second-order valence-electron chi connectivity index (χ2n) is 6.30. The van der Waals surface area contributed by atoms with Crippen molar-refractivity contribution >= 4 is 5.69 Å². The highest BCUT2D eigenvalue weighted by Gasteiger charge is 2.24. The minimum atomic E-state index is 0.404. The molecular formula is C17H27NO. The van der Waals surface area contributed by atoms with Crippen molar-refractivity contribution in [2.75, 3.05) is 11.9 Å². The summed E-state index contributed by atoms with van der Waals surface area (Å²) in [5.41, 5.74) is 2.64. The van der Waals surface area contributed by atoms with Crippen molar-refractivity contribution < 1.29 is 4.74 Å². The Morgan fingerprint density at radius 3 is 2.37 bits per heavy atom. The van der Waals surface area contributed by atoms with Crippen LogP contribution in [0.25, 0.3) is 0 Å². The highest BCUT2D eigenvalue weighted by molar-refractivity contribution is 5.46. The van der Waals surface area contributed by atoms with Gasteiger partial charge in [-0.25, -0.2) is 0 Å². The van der Waals surface area contributed by atoms with E-state index in [0.717, 1.165) is 19.4 Å². The average Bonchev–Trinajstić information content (AvgIpc) is 2.39. The number of hydrogen-bond acceptors (Lipinski definition) is 2. The first-order chi connectivity index (χ1) is 9.06. The Morgan fingerprint density at radius 2 is 1.79 bits per heavy atom. The molecule has 1 aliphatic rings. The molecule has 2 unspecified atom stereocenters. The molecule has 0 spiro atoms. The summed E-state index contributed by atoms with van der Waals surface area (Å²) in [6.45, 7) is 9.82. The van der Waals surface area contributed by atoms with Gasteiger partial charge in [-0.1, -0.05) is 39.8 Å². The molecule has 19 heavy (non-hydrogen) atoms. The molecule has 1 N–H and O–H groups in total. The van der Waals surface area contributed by atoms with Crippen LogP contribution in [0.2, 0.25) is 0 Å². The van der Waals surface area contributed by atoms with Gasteiger partial charge in [0.2, 0.25) is 0 Å². The molecule has 106 valence electrons. The van der Waals surface area contributed by atoms with Crippen LogP contribution in [0.15, 0.2) is 24.3 Å². The molecule has 0 amide bonds. The number of hydrogen-bond donors (Lipinski definition) is 1. The van der Waals surface area contributed by atoms with Gasteiger partial charge in [-0.05, 0) is 42.4 Å². The third kappa shape index (κ3) is 3.97. The number of nitrogens with one attached hydrogen (secondary N) is 1. The van der Waals surface area contributed by atoms with E-state index in [1.165, 1.54) is 11.3 Å². The predicted molar refractivity (Wildman–Crippen MR) is 81.8 cm³/mol. The number of anilines is 1. The molecule has 2 nitrogen and oxygen atoms in total. The lowest BCUT2D eigenvalue weighted by molar-refractivity contribution is -0.0160. The zero-order valence-corrected chi connectivity index (χ0v) is 12.6. The molecule has 0 aliphatic carbocycles. The Morgan fingerprint density at radius 1 is 1.11 bits per heavy atom. The van der Waals surface area contributed by atoms with E-state index in [2.05, 4.69) is 57.3 Å². The van der Waals surface area contributed by atoms with E-state index in [1.54, 1.807) is 0 Å². The summed E-state index contributed by atoms with van der Waals surface area (Å²) in [7, 11) is 0. The highest BCUT2D eigenvalue weighted by atomic mass is 16.5. The van der Waals surface area contributed by atoms with Crippen LogP contribution in [-0.2, 0) is 4.74 Å². The molecule has 1 heterocycles. The van der Waals surface area contributed by atoms with Gasteiger partial charge in [-0.3, -0.25) is 0 Å². The summed E-state index contributed by atoms with van der Waals surface area (Å²) in [5, 5.41) is 3.65. The molecule has 0 bridgehead atoms. The molecule has 1 aromatic carbocycles. The first-order valence-corrected chi connectivity index (χ1v) is 7.54. The van der Waals surface area contributed by atoms with Gasteiger partial charge in [0.15, 0.2) is 0 Å². The maximum Gasteiger partial charge on any atom is 0.0617 e. The van der Waals surface area contributed by atoms with Crippen molar-refractivity contribution in [3.8, 4) is 0 Å². The van der Waals surface area contributed by atoms with Gasteiger partial charge in [0.25, 0.3) is 0 Å². The van der Waals surface area contributed by atoms with Crippen molar-refractivity contribution in [1.82, 2.24) is 0 Å². The average molecular weight is 261 g/mol. The van der Waals surface area contributed by atoms with Crippen molar-refractivity contribution in [3.63, 3.8) is 0 Å². The summed E-state index contributed by atoms with van der Waals surface area (Å²) in [5.74, 6) is 1.20. The van der Waals surface area contributed by atoms with E-state index >= 15 is 0 Å². The van der Waals surface area contributed by atoms with Crippen LogP contribution >= 0.6 is 0 Å². The Kier molecular flexibility index (Phi) is 4.87. The van der Waals surface area contributed by atoms with Crippen LogP contribution in [0.5, 0.6) is 0 Å². The Labute approximate surface area is 117 Å². The van der Waals surface area contributed by atoms with E-state index in [1.807, 2.05) is 0 Å². The molecule has 0 aromatic heterocycles. The van der Waals surface area contributed by atoms with Gasteiger partial charge in [0.1, 0.15) is 0 Å². The lowest BCUT2D eigenvalue weighted by Gasteiger charge is -2.33. The maximum atomic E-state index is 5.82. The van der Waals surface area contributed by atoms with Gasteiger partial charge < -0.3 is 10.1 Å². The van der Waals surface area contributed by atoms with E-state index in [-0.39, 0.29) is 0 Å². The second-order valence-corrected chi connectivity index (χ2v) is 6.30. The van der Waals surface area contributed by atoms with Gasteiger partial charge in [0.05, 0.1) is 6.10 Å². The van der Waals surface area contributed by atoms with Gasteiger partial charge in [-0.2, -0.15) is 0 Å². The maximum absolute atomic E-state index is 5.82. The molecule has 0 saturated carbocycles. The van der Waals surface area contributed by atoms with Crippen molar-refractivity contribution in [2.45, 2.75) is 58.6 Å². The molecule has 1 fully saturated rings. The van der Waals surface area contributed by atoms with E-state index < -0.39 is 0 Å². The molecule has 1 aromatic rings. The van der Waals surface area contributed by atoms with Crippen LogP contribution in [0.4, 0.5) is 5.69 Å². The molecule has 1 saturated heterocycles. The van der Waals surface area contributed by atoms with Crippen LogP contribution in [0.3, 0.4) is 0 Å². The standard InChI is InChI=1S/C17H27NO/c1-12(2)14-5-7-15(8-6-14)18-16-9-10-19-17(11-16)13(3)4/h5-8,12-13,16-18H,9-11H2,1-4H3. The van der Waals surface area contributed by atoms with Crippen molar-refractivity contribution in [2.24, 2.45) is 5.92 Å². The number of rotatable bonds is 4. The smallest absolute Gasteiger partial charge is 0.0617 e. The fourth-order valence-corrected chi connectivity index (χ4v) is 2.62. The first kappa shape index (κ1) is 14.4. The second kappa shape index (κ2) is 6.42. The minimum absolute atomic E-state index is 0.404. The Balaban J connectivity index is 1.93. The van der Waals surface area contributed by atoms with E-state index in [9.17, 15) is 0 Å². The Bertz CT molecular complexity index is 383. The fourth-order valence-electron chi connectivity index (χ4n) is 2.62. The van der Waals surface area contributed by atoms with Crippen LogP contribution < -0.4 is 5.32 Å². The number of ether oxygens (including phenoxy) is 1. The summed E-state index contributed by atoms with van der Waals surface area (Å²) >= 11 is 0. The predicted octanol–water partition coefficient (Wildman–Crippen LogP) is 4.43. The number of benzene rings is 1. The molecule has 2 rings (SSSR count). The molecular weight excluding hydrogens is 234 g/mol. The first-order valence-electron chi connectivity index (χ1n) is 7.54. The summed E-state index contributed by atoms with van der Waals surface area (Å²) < 4.78 is 5.82. The summed E-state index contributed by atoms with van der Waals surface area (Å²) in [6.07, 6.45) is 2.62. The SMILES string of the molecule is CC(C)c1ccc(NC2CCOC(C(C)C)C2)cc1. The van der Waals surface area contributed by atoms with Crippen LogP contribution in [0.1, 0.15) is 52.0 Å². The van der Waals surface area contributed by atoms with Crippen molar-refractivity contribution in [3.05, 3.63) is 29.8 Å². The monoisotopic (exact) mass is 261 g/mol. The molecule has 1 aliphatic heterocycles. The molecule has 0 radical (unpaired) electrons. The largest absolute Gasteiger partial charge is 0.382 e. The van der Waals surface area contributed by atoms with Gasteiger partial charge >= 0.3 is 0 Å². The summed E-state index contributed by atoms with van der Waals surface area (Å²) in [6, 6.07) is 9.41. The topological polar surface area (TPSA) is 21.3 Å². The van der Waals surface area contributed by atoms with Gasteiger partial charge in [-0.15, -0.1) is 0 Å². The summed E-state index contributed by atoms with van der Waals surface area (Å²) in [4.78, 5) is 0. The van der Waals surface area contributed by atoms with Crippen LogP contribution in [-0.4, -0.2) is 18.8 Å². The van der Waals surface area contributed by atoms with Crippen molar-refractivity contribution in [1.29, 1.82) is 0 Å². The molecule has 2 atom stereocenters. The Hall–Kier alpha value is -1.02. The zero-order chi connectivity index (χ0) is 13.8. The fraction of sp³-hybridized carbons (Fsp3) is 0.647. The van der Waals surface area contributed by atoms with Gasteiger partial charge in [0, 0.05) is 18.3 Å². The third-order valence-corrected chi connectivity index (χ3v) is 4.01. The highest BCUT2D eigenvalue weighted by Crippen LogP contribution is 2.24. The lowest BCUT2D eigenvalue weighted by Crippen LogP contribution is -2.36. The minimum Gasteiger partial charge on any atom is -0.382 e. The molecule has 2 heteroatoms. The third-order valence-electron chi connectivity index (χ3n) is 4.01. The van der Waals surface area contributed by atoms with E-state index in [4.69, 9.17) is 4.74 Å². The van der Waals surface area contributed by atoms with E-state index in [0.29, 0.717) is 24.0 Å². The van der Waals surface area contributed by atoms with Crippen LogP contribution in [0, 0.1) is 5.92 Å². The lowest BCUT2D eigenvalue weighted by atomic mass is 9.95. The zero-order valence-electron chi connectivity index (χ0n) is 12.6. The normalized spacial score (nSPS) is 23.9. The quantitative estimate of drug-likeness (QED) is 0.866.